The number of halogens is 2. The van der Waals surface area contributed by atoms with E-state index in [0.717, 1.165) is 12.1 Å². The molecule has 0 spiro atoms. The smallest absolute Gasteiger partial charge is 0.172 e. The van der Waals surface area contributed by atoms with E-state index in [4.69, 9.17) is 10.3 Å². The van der Waals surface area contributed by atoms with Gasteiger partial charge >= 0.3 is 0 Å². The molecule has 15 heavy (non-hydrogen) atoms. The number of nitrogens with zero attached hydrogens (tertiary/aromatic N) is 1. The summed E-state index contributed by atoms with van der Waals surface area (Å²) >= 11 is 0. The number of nitrogen functional groups attached to an aromatic ring is 1. The van der Waals surface area contributed by atoms with Gasteiger partial charge in [-0.15, -0.1) is 0 Å². The lowest BCUT2D eigenvalue weighted by atomic mass is 10.1. The normalized spacial score (nSPS) is 10.6. The zero-order valence-corrected chi connectivity index (χ0v) is 7.92. The fourth-order valence-electron chi connectivity index (χ4n) is 1.25. The molecule has 0 saturated heterocycles. The first-order valence-corrected chi connectivity index (χ1v) is 4.26. The van der Waals surface area contributed by atoms with Crippen LogP contribution in [-0.4, -0.2) is 5.16 Å². The molecule has 1 aromatic carbocycles. The van der Waals surface area contributed by atoms with Crippen molar-refractivity contribution in [1.29, 1.82) is 0 Å². The first-order chi connectivity index (χ1) is 7.08. The van der Waals surface area contributed by atoms with Gasteiger partial charge in [0.15, 0.2) is 11.6 Å². The van der Waals surface area contributed by atoms with Crippen molar-refractivity contribution in [2.24, 2.45) is 0 Å². The molecule has 0 unspecified atom stereocenters. The van der Waals surface area contributed by atoms with Gasteiger partial charge in [0.1, 0.15) is 11.6 Å². The second-order valence-corrected chi connectivity index (χ2v) is 3.20. The Kier molecular flexibility index (Phi) is 2.15. The van der Waals surface area contributed by atoms with Crippen LogP contribution in [0.1, 0.15) is 5.56 Å². The lowest BCUT2D eigenvalue weighted by molar-refractivity contribution is 0.432. The molecule has 0 amide bonds. The van der Waals surface area contributed by atoms with Crippen LogP contribution in [-0.2, 0) is 0 Å². The first kappa shape index (κ1) is 9.64. The van der Waals surface area contributed by atoms with Crippen molar-refractivity contribution >= 4 is 5.82 Å². The summed E-state index contributed by atoms with van der Waals surface area (Å²) in [5.41, 5.74) is 5.57. The van der Waals surface area contributed by atoms with Crippen molar-refractivity contribution in [1.82, 2.24) is 5.16 Å². The molecule has 0 bridgehead atoms. The van der Waals surface area contributed by atoms with Gasteiger partial charge in [-0.1, -0.05) is 5.16 Å². The molecule has 1 aromatic heterocycles. The van der Waals surface area contributed by atoms with Gasteiger partial charge < -0.3 is 10.3 Å². The third-order valence-corrected chi connectivity index (χ3v) is 2.04. The standard InChI is InChI=1S/C10H8F2N2O/c1-5-2-8(12)6(3-7(5)11)9-4-10(13)14-15-9/h2-4H,1H3,(H2,13,14). The van der Waals surface area contributed by atoms with Crippen molar-refractivity contribution in [3.05, 3.63) is 35.4 Å². The number of rotatable bonds is 1. The Morgan fingerprint density at radius 2 is 1.93 bits per heavy atom. The Labute approximate surface area is 84.5 Å². The third-order valence-electron chi connectivity index (χ3n) is 2.04. The molecular weight excluding hydrogens is 202 g/mol. The SMILES string of the molecule is Cc1cc(F)c(-c2cc(N)no2)cc1F. The summed E-state index contributed by atoms with van der Waals surface area (Å²) in [7, 11) is 0. The van der Waals surface area contributed by atoms with E-state index >= 15 is 0 Å². The Morgan fingerprint density at radius 3 is 2.53 bits per heavy atom. The molecule has 5 heteroatoms. The van der Waals surface area contributed by atoms with E-state index in [2.05, 4.69) is 5.16 Å². The molecule has 3 nitrogen and oxygen atoms in total. The number of nitrogens with two attached hydrogens (primary N) is 1. The molecule has 0 fully saturated rings. The fourth-order valence-corrected chi connectivity index (χ4v) is 1.25. The summed E-state index contributed by atoms with van der Waals surface area (Å²) in [5, 5.41) is 3.40. The maximum atomic E-state index is 13.4. The second-order valence-electron chi connectivity index (χ2n) is 3.20. The van der Waals surface area contributed by atoms with Crippen LogP contribution in [0, 0.1) is 18.6 Å². The van der Waals surface area contributed by atoms with E-state index in [1.54, 1.807) is 0 Å². The summed E-state index contributed by atoms with van der Waals surface area (Å²) in [4.78, 5) is 0. The van der Waals surface area contributed by atoms with Gasteiger partial charge in [-0.25, -0.2) is 8.78 Å². The quantitative estimate of drug-likeness (QED) is 0.786. The average Bonchev–Trinajstić information content (AvgIpc) is 2.58. The lowest BCUT2D eigenvalue weighted by Crippen LogP contribution is -1.89. The second kappa shape index (κ2) is 3.34. The van der Waals surface area contributed by atoms with Crippen molar-refractivity contribution in [2.45, 2.75) is 6.92 Å². The molecule has 0 aliphatic heterocycles. The number of benzene rings is 1. The highest BCUT2D eigenvalue weighted by Gasteiger charge is 2.13. The highest BCUT2D eigenvalue weighted by molar-refractivity contribution is 5.61. The first-order valence-electron chi connectivity index (χ1n) is 4.26. The molecule has 2 aromatic rings. The minimum Gasteiger partial charge on any atom is -0.381 e. The van der Waals surface area contributed by atoms with Gasteiger partial charge in [-0.3, -0.25) is 0 Å². The Balaban J connectivity index is 2.58. The topological polar surface area (TPSA) is 52.0 Å². The molecule has 0 aliphatic carbocycles. The fraction of sp³-hybridized carbons (Fsp3) is 0.100. The molecule has 0 saturated carbocycles. The minimum absolute atomic E-state index is 0.0160. The molecule has 2 N–H and O–H groups in total. The van der Waals surface area contributed by atoms with Gasteiger partial charge in [-0.2, -0.15) is 0 Å². The highest BCUT2D eigenvalue weighted by atomic mass is 19.1. The van der Waals surface area contributed by atoms with E-state index in [9.17, 15) is 8.78 Å². The van der Waals surface area contributed by atoms with E-state index < -0.39 is 11.6 Å². The van der Waals surface area contributed by atoms with E-state index in [-0.39, 0.29) is 22.7 Å². The van der Waals surface area contributed by atoms with Crippen LogP contribution in [0.25, 0.3) is 11.3 Å². The molecule has 0 atom stereocenters. The Bertz CT molecular complexity index is 508. The van der Waals surface area contributed by atoms with Crippen LogP contribution in [0.2, 0.25) is 0 Å². The third kappa shape index (κ3) is 1.68. The van der Waals surface area contributed by atoms with Crippen LogP contribution in [0.4, 0.5) is 14.6 Å². The molecule has 1 heterocycles. The van der Waals surface area contributed by atoms with Crippen LogP contribution in [0.3, 0.4) is 0 Å². The molecule has 78 valence electrons. The predicted molar refractivity (Wildman–Crippen MR) is 51.0 cm³/mol. The van der Waals surface area contributed by atoms with Gasteiger partial charge in [0.25, 0.3) is 0 Å². The highest BCUT2D eigenvalue weighted by Crippen LogP contribution is 2.26. The van der Waals surface area contributed by atoms with E-state index in [0.29, 0.717) is 0 Å². The van der Waals surface area contributed by atoms with Crippen molar-refractivity contribution in [3.8, 4) is 11.3 Å². The average molecular weight is 210 g/mol. The van der Waals surface area contributed by atoms with Gasteiger partial charge in [0, 0.05) is 6.07 Å². The molecule has 2 rings (SSSR count). The maximum absolute atomic E-state index is 13.4. The summed E-state index contributed by atoms with van der Waals surface area (Å²) < 4.78 is 31.4. The number of anilines is 1. The van der Waals surface area contributed by atoms with Crippen LogP contribution >= 0.6 is 0 Å². The van der Waals surface area contributed by atoms with Gasteiger partial charge in [0.2, 0.25) is 0 Å². The zero-order valence-electron chi connectivity index (χ0n) is 7.92. The number of aromatic nitrogens is 1. The zero-order chi connectivity index (χ0) is 11.0. The van der Waals surface area contributed by atoms with E-state index in [1.807, 2.05) is 0 Å². The molecular formula is C10H8F2N2O. The predicted octanol–water partition coefficient (Wildman–Crippen LogP) is 2.51. The van der Waals surface area contributed by atoms with Crippen molar-refractivity contribution in [3.63, 3.8) is 0 Å². The maximum Gasteiger partial charge on any atom is 0.172 e. The monoisotopic (exact) mass is 210 g/mol. The van der Waals surface area contributed by atoms with Crippen molar-refractivity contribution < 1.29 is 13.3 Å². The van der Waals surface area contributed by atoms with Gasteiger partial charge in [0.05, 0.1) is 5.56 Å². The minimum atomic E-state index is -0.565. The number of hydrogen-bond acceptors (Lipinski definition) is 3. The summed E-state index contributed by atoms with van der Waals surface area (Å²) in [5.74, 6) is -0.819. The van der Waals surface area contributed by atoms with E-state index in [1.165, 1.54) is 13.0 Å². The van der Waals surface area contributed by atoms with Crippen LogP contribution in [0.5, 0.6) is 0 Å². The van der Waals surface area contributed by atoms with Gasteiger partial charge in [-0.05, 0) is 24.6 Å². The molecule has 0 radical (unpaired) electrons. The van der Waals surface area contributed by atoms with Crippen LogP contribution in [0.15, 0.2) is 22.7 Å². The van der Waals surface area contributed by atoms with Crippen LogP contribution < -0.4 is 5.73 Å². The number of hydrogen-bond donors (Lipinski definition) is 1. The summed E-state index contributed by atoms with van der Waals surface area (Å²) in [6.07, 6.45) is 0. The number of aryl methyl sites for hydroxylation is 1. The molecule has 0 aliphatic rings. The Morgan fingerprint density at radius 1 is 1.20 bits per heavy atom. The largest absolute Gasteiger partial charge is 0.381 e. The summed E-state index contributed by atoms with van der Waals surface area (Å²) in [6.45, 7) is 1.48. The lowest BCUT2D eigenvalue weighted by Gasteiger charge is -2.01. The van der Waals surface area contributed by atoms with Crippen molar-refractivity contribution in [2.75, 3.05) is 5.73 Å². The Hall–Kier alpha value is -1.91. The summed E-state index contributed by atoms with van der Waals surface area (Å²) in [6, 6.07) is 3.50.